The van der Waals surface area contributed by atoms with Crippen LogP contribution in [0.1, 0.15) is 28.2 Å². The number of ketones is 1. The standard InChI is InChI=1S/C28H21ClF2N4O3S/c29-23-9-8-21(15-24(23)31)39(37,38)34-12-10-17-14-26-18(16-33-35(26)20-6-4-19(30)5-7-20)13-22(17)27(34)28(36)25-3-1-2-11-32-25/h1-9,11,14-16,22,27H,10,12-13H2/t22?,27-/m0/s1. The molecule has 0 N–H and O–H groups in total. The number of aromatic nitrogens is 3. The van der Waals surface area contributed by atoms with Crippen molar-refractivity contribution in [3.05, 3.63) is 112 Å². The van der Waals surface area contributed by atoms with Crippen LogP contribution in [0.25, 0.3) is 11.8 Å². The van der Waals surface area contributed by atoms with Crippen molar-refractivity contribution >= 4 is 33.5 Å². The molecule has 198 valence electrons. The highest BCUT2D eigenvalue weighted by Crippen LogP contribution is 2.41. The molecule has 0 bridgehead atoms. The lowest BCUT2D eigenvalue weighted by atomic mass is 9.76. The highest BCUT2D eigenvalue weighted by molar-refractivity contribution is 7.89. The molecule has 0 saturated carbocycles. The molecule has 39 heavy (non-hydrogen) atoms. The monoisotopic (exact) mass is 566 g/mol. The molecular formula is C28H21ClF2N4O3S. The molecule has 0 spiro atoms. The van der Waals surface area contributed by atoms with Crippen LogP contribution < -0.4 is 0 Å². The lowest BCUT2D eigenvalue weighted by Gasteiger charge is -2.42. The second-order valence-electron chi connectivity index (χ2n) is 9.44. The lowest BCUT2D eigenvalue weighted by molar-refractivity contribution is 0.0821. The average molecular weight is 567 g/mol. The Morgan fingerprint density at radius 3 is 2.56 bits per heavy atom. The summed E-state index contributed by atoms with van der Waals surface area (Å²) in [6.07, 6.45) is 5.80. The number of rotatable bonds is 5. The first-order valence-corrected chi connectivity index (χ1v) is 14.0. The highest BCUT2D eigenvalue weighted by atomic mass is 35.5. The van der Waals surface area contributed by atoms with E-state index in [4.69, 9.17) is 11.6 Å². The Labute approximate surface area is 228 Å². The Kier molecular flexibility index (Phi) is 6.41. The average Bonchev–Trinajstić information content (AvgIpc) is 3.35. The summed E-state index contributed by atoms with van der Waals surface area (Å²) in [7, 11) is -4.27. The van der Waals surface area contributed by atoms with Gasteiger partial charge in [0.05, 0.1) is 33.5 Å². The van der Waals surface area contributed by atoms with Gasteiger partial charge in [0.2, 0.25) is 10.0 Å². The second-order valence-corrected chi connectivity index (χ2v) is 11.7. The van der Waals surface area contributed by atoms with Crippen LogP contribution >= 0.6 is 11.6 Å². The predicted octanol–water partition coefficient (Wildman–Crippen LogP) is 5.10. The Balaban J connectivity index is 1.43. The minimum atomic E-state index is -4.27. The number of hydrogen-bond donors (Lipinski definition) is 0. The first-order valence-electron chi connectivity index (χ1n) is 12.2. The number of halogens is 3. The maximum Gasteiger partial charge on any atom is 0.243 e. The molecule has 6 rings (SSSR count). The minimum Gasteiger partial charge on any atom is -0.291 e. The van der Waals surface area contributed by atoms with Gasteiger partial charge in [-0.25, -0.2) is 21.9 Å². The Hall–Kier alpha value is -3.73. The molecule has 2 aromatic carbocycles. The van der Waals surface area contributed by atoms with E-state index in [-0.39, 0.29) is 28.0 Å². The van der Waals surface area contributed by atoms with E-state index in [0.29, 0.717) is 18.5 Å². The SMILES string of the molecule is O=C(c1ccccn1)[C@@H]1C2Cc3cnn(-c4ccc(F)cc4)c3C=C2CCN1S(=O)(=O)c1ccc(Cl)c(F)c1. The van der Waals surface area contributed by atoms with Crippen molar-refractivity contribution in [1.29, 1.82) is 0 Å². The van der Waals surface area contributed by atoms with E-state index in [2.05, 4.69) is 10.1 Å². The smallest absolute Gasteiger partial charge is 0.243 e. The maximum absolute atomic E-state index is 14.3. The third-order valence-electron chi connectivity index (χ3n) is 7.19. The molecule has 2 aliphatic rings. The van der Waals surface area contributed by atoms with E-state index in [9.17, 15) is 22.0 Å². The Bertz CT molecular complexity index is 1720. The van der Waals surface area contributed by atoms with Gasteiger partial charge in [-0.2, -0.15) is 9.40 Å². The predicted molar refractivity (Wildman–Crippen MR) is 141 cm³/mol. The van der Waals surface area contributed by atoms with Crippen LogP contribution in [0.4, 0.5) is 8.78 Å². The number of hydrogen-bond acceptors (Lipinski definition) is 5. The van der Waals surface area contributed by atoms with E-state index in [1.807, 2.05) is 6.08 Å². The van der Waals surface area contributed by atoms with Crippen LogP contribution in [-0.2, 0) is 16.4 Å². The summed E-state index contributed by atoms with van der Waals surface area (Å²) >= 11 is 5.79. The van der Waals surface area contributed by atoms with Gasteiger partial charge in [-0.15, -0.1) is 0 Å². The number of carbonyl (C=O) groups excluding carboxylic acids is 1. The van der Waals surface area contributed by atoms with Crippen LogP contribution in [-0.4, -0.2) is 45.9 Å². The van der Waals surface area contributed by atoms with Crippen molar-refractivity contribution in [1.82, 2.24) is 19.1 Å². The van der Waals surface area contributed by atoms with Crippen molar-refractivity contribution in [2.75, 3.05) is 6.54 Å². The number of piperidine rings is 1. The largest absolute Gasteiger partial charge is 0.291 e. The fraction of sp³-hybridized carbons (Fsp3) is 0.179. The quantitative estimate of drug-likeness (QED) is 0.314. The molecule has 0 radical (unpaired) electrons. The Morgan fingerprint density at radius 2 is 1.85 bits per heavy atom. The molecular weight excluding hydrogens is 546 g/mol. The summed E-state index contributed by atoms with van der Waals surface area (Å²) in [6, 6.07) is 13.0. The number of nitrogens with zero attached hydrogens (tertiary/aromatic N) is 4. The number of pyridine rings is 1. The Morgan fingerprint density at radius 1 is 1.05 bits per heavy atom. The van der Waals surface area contributed by atoms with Gasteiger partial charge >= 0.3 is 0 Å². The molecule has 3 heterocycles. The van der Waals surface area contributed by atoms with E-state index in [1.54, 1.807) is 41.2 Å². The lowest BCUT2D eigenvalue weighted by Crippen LogP contribution is -2.54. The molecule has 2 atom stereocenters. The zero-order valence-electron chi connectivity index (χ0n) is 20.3. The third-order valence-corrected chi connectivity index (χ3v) is 9.37. The fourth-order valence-corrected chi connectivity index (χ4v) is 7.06. The summed E-state index contributed by atoms with van der Waals surface area (Å²) in [5.74, 6) is -2.15. The molecule has 1 unspecified atom stereocenters. The third kappa shape index (κ3) is 4.48. The van der Waals surface area contributed by atoms with Crippen LogP contribution in [0.15, 0.2) is 83.5 Å². The van der Waals surface area contributed by atoms with Crippen LogP contribution in [0.5, 0.6) is 0 Å². The van der Waals surface area contributed by atoms with Gasteiger partial charge in [0, 0.05) is 18.7 Å². The maximum atomic E-state index is 14.3. The minimum absolute atomic E-state index is 0.0121. The number of carbonyl (C=O) groups is 1. The summed E-state index contributed by atoms with van der Waals surface area (Å²) in [6.45, 7) is 0.0121. The summed E-state index contributed by atoms with van der Waals surface area (Å²) in [5.41, 5.74) is 3.34. The zero-order valence-corrected chi connectivity index (χ0v) is 21.9. The van der Waals surface area contributed by atoms with Crippen LogP contribution in [0, 0.1) is 17.6 Å². The molecule has 1 fully saturated rings. The van der Waals surface area contributed by atoms with Gasteiger partial charge in [-0.05, 0) is 79.1 Å². The van der Waals surface area contributed by atoms with Gasteiger partial charge in [0.25, 0.3) is 0 Å². The zero-order chi connectivity index (χ0) is 27.3. The first-order chi connectivity index (χ1) is 18.7. The first kappa shape index (κ1) is 25.5. The molecule has 7 nitrogen and oxygen atoms in total. The van der Waals surface area contributed by atoms with E-state index in [1.165, 1.54) is 30.5 Å². The van der Waals surface area contributed by atoms with E-state index >= 15 is 0 Å². The number of benzene rings is 2. The van der Waals surface area contributed by atoms with Crippen molar-refractivity contribution in [3.8, 4) is 5.69 Å². The van der Waals surface area contributed by atoms with Gasteiger partial charge in [-0.3, -0.25) is 9.78 Å². The normalized spacial score (nSPS) is 19.2. The summed E-state index contributed by atoms with van der Waals surface area (Å²) in [4.78, 5) is 17.8. The van der Waals surface area contributed by atoms with Crippen LogP contribution in [0.3, 0.4) is 0 Å². The topological polar surface area (TPSA) is 85.2 Å². The van der Waals surface area contributed by atoms with Crippen molar-refractivity contribution < 1.29 is 22.0 Å². The second kappa shape index (κ2) is 9.78. The van der Waals surface area contributed by atoms with Gasteiger partial charge in [0.15, 0.2) is 5.78 Å². The van der Waals surface area contributed by atoms with Gasteiger partial charge in [-0.1, -0.05) is 23.2 Å². The molecule has 0 amide bonds. The molecule has 1 saturated heterocycles. The number of sulfonamides is 1. The molecule has 2 aromatic heterocycles. The van der Waals surface area contributed by atoms with Crippen LogP contribution in [0.2, 0.25) is 5.02 Å². The van der Waals surface area contributed by atoms with Crippen molar-refractivity contribution in [3.63, 3.8) is 0 Å². The molecule has 4 aromatic rings. The molecule has 1 aliphatic carbocycles. The van der Waals surface area contributed by atoms with E-state index in [0.717, 1.165) is 27.2 Å². The number of fused-ring (bicyclic) bond motifs is 2. The summed E-state index contributed by atoms with van der Waals surface area (Å²) < 4.78 is 58.2. The molecule has 1 aliphatic heterocycles. The van der Waals surface area contributed by atoms with Gasteiger partial charge in [0.1, 0.15) is 17.3 Å². The van der Waals surface area contributed by atoms with Crippen molar-refractivity contribution in [2.24, 2.45) is 5.92 Å². The highest BCUT2D eigenvalue weighted by Gasteiger charge is 2.47. The van der Waals surface area contributed by atoms with Gasteiger partial charge < -0.3 is 0 Å². The fourth-order valence-electron chi connectivity index (χ4n) is 5.31. The summed E-state index contributed by atoms with van der Waals surface area (Å²) in [5, 5.41) is 4.29. The van der Waals surface area contributed by atoms with E-state index < -0.39 is 33.6 Å². The number of Topliss-reactive ketones (excluding diaryl/α,β-unsaturated/α-hetero) is 1. The van der Waals surface area contributed by atoms with Crippen molar-refractivity contribution in [2.45, 2.75) is 23.8 Å². The molecule has 11 heteroatoms.